The number of carbonyl (C=O) groups excluding carboxylic acids is 1. The van der Waals surface area contributed by atoms with Gasteiger partial charge in [0.05, 0.1) is 16.6 Å². The molecule has 9 heteroatoms. The number of halogens is 3. The monoisotopic (exact) mass is 280 g/mol. The van der Waals surface area contributed by atoms with Gasteiger partial charge in [0.25, 0.3) is 12.1 Å². The zero-order valence-corrected chi connectivity index (χ0v) is 9.78. The Hall–Kier alpha value is -1.83. The van der Waals surface area contributed by atoms with Gasteiger partial charge in [-0.2, -0.15) is 0 Å². The number of hydrogen-bond acceptors (Lipinski definition) is 5. The molecule has 1 heterocycles. The van der Waals surface area contributed by atoms with Crippen molar-refractivity contribution in [1.82, 2.24) is 4.98 Å². The van der Waals surface area contributed by atoms with Gasteiger partial charge in [-0.05, 0) is 6.92 Å². The van der Waals surface area contributed by atoms with Gasteiger partial charge in [0.15, 0.2) is 5.69 Å². The molecule has 0 aliphatic carbocycles. The normalized spacial score (nSPS) is 10.5. The zero-order valence-electron chi connectivity index (χ0n) is 9.02. The highest BCUT2D eigenvalue weighted by Gasteiger charge is 2.30. The molecule has 98 valence electrons. The Morgan fingerprint density at radius 3 is 2.72 bits per heavy atom. The minimum absolute atomic E-state index is 0.00214. The molecule has 0 amide bonds. The Morgan fingerprint density at radius 1 is 1.67 bits per heavy atom. The number of alkyl halides is 2. The van der Waals surface area contributed by atoms with Crippen molar-refractivity contribution in [2.24, 2.45) is 0 Å². The van der Waals surface area contributed by atoms with Crippen molar-refractivity contribution < 1.29 is 23.2 Å². The maximum absolute atomic E-state index is 12.7. The van der Waals surface area contributed by atoms with Crippen LogP contribution in [0.15, 0.2) is 6.20 Å². The molecule has 0 radical (unpaired) electrons. The Morgan fingerprint density at radius 2 is 2.28 bits per heavy atom. The van der Waals surface area contributed by atoms with Gasteiger partial charge in [-0.1, -0.05) is 11.6 Å². The van der Waals surface area contributed by atoms with E-state index in [-0.39, 0.29) is 6.61 Å². The SMILES string of the molecule is CCOC(=O)c1ncc([N+](=O)[O-])c(C(F)F)c1Cl. The molecule has 0 N–H and O–H groups in total. The minimum Gasteiger partial charge on any atom is -0.461 e. The van der Waals surface area contributed by atoms with Crippen LogP contribution < -0.4 is 0 Å². The molecule has 0 aliphatic heterocycles. The van der Waals surface area contributed by atoms with Gasteiger partial charge in [-0.25, -0.2) is 18.6 Å². The van der Waals surface area contributed by atoms with Crippen molar-refractivity contribution in [2.45, 2.75) is 13.3 Å². The number of nitrogens with zero attached hydrogens (tertiary/aromatic N) is 2. The quantitative estimate of drug-likeness (QED) is 0.481. The summed E-state index contributed by atoms with van der Waals surface area (Å²) >= 11 is 5.54. The molecule has 6 nitrogen and oxygen atoms in total. The van der Waals surface area contributed by atoms with Crippen LogP contribution >= 0.6 is 11.6 Å². The van der Waals surface area contributed by atoms with Crippen molar-refractivity contribution >= 4 is 23.3 Å². The number of hydrogen-bond donors (Lipinski definition) is 0. The summed E-state index contributed by atoms with van der Waals surface area (Å²) in [6, 6.07) is 0. The predicted octanol–water partition coefficient (Wildman–Crippen LogP) is 2.76. The van der Waals surface area contributed by atoms with E-state index in [1.807, 2.05) is 0 Å². The summed E-state index contributed by atoms with van der Waals surface area (Å²) in [4.78, 5) is 24.2. The fourth-order valence-electron chi connectivity index (χ4n) is 1.19. The smallest absolute Gasteiger partial charge is 0.358 e. The Bertz CT molecular complexity index is 496. The van der Waals surface area contributed by atoms with Gasteiger partial charge in [0, 0.05) is 0 Å². The molecule has 18 heavy (non-hydrogen) atoms. The molecule has 1 aromatic heterocycles. The lowest BCUT2D eigenvalue weighted by molar-refractivity contribution is -0.386. The largest absolute Gasteiger partial charge is 0.461 e. The molecule has 1 rings (SSSR count). The molecule has 0 fully saturated rings. The lowest BCUT2D eigenvalue weighted by Gasteiger charge is -2.07. The van der Waals surface area contributed by atoms with E-state index in [9.17, 15) is 23.7 Å². The fourth-order valence-corrected chi connectivity index (χ4v) is 1.49. The minimum atomic E-state index is -3.20. The molecule has 0 bridgehead atoms. The van der Waals surface area contributed by atoms with Crippen LogP contribution in [-0.4, -0.2) is 22.5 Å². The third kappa shape index (κ3) is 2.70. The summed E-state index contributed by atoms with van der Waals surface area (Å²) in [5.41, 5.74) is -2.55. The lowest BCUT2D eigenvalue weighted by atomic mass is 10.2. The summed E-state index contributed by atoms with van der Waals surface area (Å²) in [5.74, 6) is -1.01. The molecule has 0 saturated heterocycles. The standard InChI is InChI=1S/C9H7ClF2N2O4/c1-2-18-9(15)7-6(10)5(8(11)12)4(3-13-7)14(16)17/h3,8H,2H2,1H3. The molecule has 0 aromatic carbocycles. The van der Waals surface area contributed by atoms with E-state index < -0.39 is 39.3 Å². The average molecular weight is 281 g/mol. The van der Waals surface area contributed by atoms with Gasteiger partial charge in [0.2, 0.25) is 0 Å². The van der Waals surface area contributed by atoms with Crippen LogP contribution in [0.3, 0.4) is 0 Å². The third-order valence-corrected chi connectivity index (χ3v) is 2.30. The van der Waals surface area contributed by atoms with Crippen LogP contribution in [0.5, 0.6) is 0 Å². The van der Waals surface area contributed by atoms with Gasteiger partial charge in [-0.15, -0.1) is 0 Å². The highest BCUT2D eigenvalue weighted by molar-refractivity contribution is 6.34. The van der Waals surface area contributed by atoms with Crippen LogP contribution in [0.1, 0.15) is 29.4 Å². The molecule has 1 aromatic rings. The average Bonchev–Trinajstić information content (AvgIpc) is 2.27. The topological polar surface area (TPSA) is 82.3 Å². The van der Waals surface area contributed by atoms with E-state index >= 15 is 0 Å². The van der Waals surface area contributed by atoms with E-state index in [1.54, 1.807) is 0 Å². The number of pyridine rings is 1. The Kier molecular flexibility index (Phi) is 4.49. The van der Waals surface area contributed by atoms with Crippen molar-refractivity contribution in [3.63, 3.8) is 0 Å². The summed E-state index contributed by atoms with van der Waals surface area (Å²) in [7, 11) is 0. The van der Waals surface area contributed by atoms with E-state index in [1.165, 1.54) is 6.92 Å². The number of esters is 1. The first-order valence-electron chi connectivity index (χ1n) is 4.68. The lowest BCUT2D eigenvalue weighted by Crippen LogP contribution is -2.10. The number of nitro groups is 1. The molecular formula is C9H7ClF2N2O4. The maximum Gasteiger partial charge on any atom is 0.358 e. The number of rotatable bonds is 4. The van der Waals surface area contributed by atoms with Crippen LogP contribution in [0.25, 0.3) is 0 Å². The second-order valence-electron chi connectivity index (χ2n) is 3.00. The maximum atomic E-state index is 12.7. The second-order valence-corrected chi connectivity index (χ2v) is 3.38. The van der Waals surface area contributed by atoms with Crippen molar-refractivity contribution in [3.05, 3.63) is 32.6 Å². The molecular weight excluding hydrogens is 274 g/mol. The van der Waals surface area contributed by atoms with E-state index in [4.69, 9.17) is 11.6 Å². The van der Waals surface area contributed by atoms with Crippen molar-refractivity contribution in [3.8, 4) is 0 Å². The Balaban J connectivity index is 3.39. The van der Waals surface area contributed by atoms with Gasteiger partial charge < -0.3 is 4.74 Å². The van der Waals surface area contributed by atoms with Crippen LogP contribution in [0.4, 0.5) is 14.5 Å². The molecule has 0 saturated carbocycles. The van der Waals surface area contributed by atoms with E-state index in [0.717, 1.165) is 0 Å². The van der Waals surface area contributed by atoms with Gasteiger partial charge in [-0.3, -0.25) is 10.1 Å². The van der Waals surface area contributed by atoms with Gasteiger partial charge in [0.1, 0.15) is 11.8 Å². The highest BCUT2D eigenvalue weighted by Crippen LogP contribution is 2.36. The van der Waals surface area contributed by atoms with E-state index in [0.29, 0.717) is 6.20 Å². The van der Waals surface area contributed by atoms with Crippen LogP contribution in [0, 0.1) is 10.1 Å². The molecule has 0 aliphatic rings. The first-order chi connectivity index (χ1) is 8.40. The first kappa shape index (κ1) is 14.2. The highest BCUT2D eigenvalue weighted by atomic mass is 35.5. The molecule has 0 spiro atoms. The van der Waals surface area contributed by atoms with Crippen LogP contribution in [0.2, 0.25) is 5.02 Å². The summed E-state index contributed by atoms with van der Waals surface area (Å²) < 4.78 is 30.0. The van der Waals surface area contributed by atoms with Crippen LogP contribution in [-0.2, 0) is 4.74 Å². The summed E-state index contributed by atoms with van der Waals surface area (Å²) in [6.45, 7) is 1.50. The second kappa shape index (κ2) is 5.67. The van der Waals surface area contributed by atoms with E-state index in [2.05, 4.69) is 9.72 Å². The number of aromatic nitrogens is 1. The molecule has 0 unspecified atom stereocenters. The van der Waals surface area contributed by atoms with Crippen molar-refractivity contribution in [2.75, 3.05) is 6.61 Å². The number of ether oxygens (including phenoxy) is 1. The van der Waals surface area contributed by atoms with Gasteiger partial charge >= 0.3 is 5.97 Å². The Labute approximate surface area is 105 Å². The predicted molar refractivity (Wildman–Crippen MR) is 56.8 cm³/mol. The summed E-state index contributed by atoms with van der Waals surface area (Å²) in [5, 5.41) is 9.78. The first-order valence-corrected chi connectivity index (χ1v) is 5.06. The zero-order chi connectivity index (χ0) is 13.9. The summed E-state index contributed by atoms with van der Waals surface area (Å²) in [6.07, 6.45) is -2.64. The fraction of sp³-hybridized carbons (Fsp3) is 0.333. The third-order valence-electron chi connectivity index (χ3n) is 1.92. The molecule has 0 atom stereocenters. The number of carbonyl (C=O) groups is 1. The van der Waals surface area contributed by atoms with Crippen molar-refractivity contribution in [1.29, 1.82) is 0 Å².